The molecule has 0 atom stereocenters. The number of Topliss-reactive ketones (excluding diaryl/α,β-unsaturated/α-hetero) is 1. The number of halogens is 1. The summed E-state index contributed by atoms with van der Waals surface area (Å²) in [6.07, 6.45) is 0. The van der Waals surface area contributed by atoms with E-state index in [1.807, 2.05) is 6.92 Å². The van der Waals surface area contributed by atoms with Gasteiger partial charge < -0.3 is 0 Å². The topological polar surface area (TPSA) is 64.7 Å². The van der Waals surface area contributed by atoms with Crippen LogP contribution in [0.5, 0.6) is 0 Å². The molecule has 0 unspecified atom stereocenters. The van der Waals surface area contributed by atoms with Crippen LogP contribution in [0.25, 0.3) is 0 Å². The SMILES string of the molecule is Cc1ccc(C(=O)C(C#N)C#N)cc1Cl. The van der Waals surface area contributed by atoms with Crippen LogP contribution in [0.2, 0.25) is 5.02 Å². The van der Waals surface area contributed by atoms with Crippen LogP contribution in [-0.2, 0) is 0 Å². The number of carbonyl (C=O) groups is 1. The molecule has 0 N–H and O–H groups in total. The number of nitriles is 2. The highest BCUT2D eigenvalue weighted by atomic mass is 35.5. The van der Waals surface area contributed by atoms with Gasteiger partial charge in [-0.2, -0.15) is 10.5 Å². The molecule has 1 aromatic carbocycles. The Kier molecular flexibility index (Phi) is 3.44. The van der Waals surface area contributed by atoms with E-state index in [-0.39, 0.29) is 0 Å². The number of hydrogen-bond donors (Lipinski definition) is 0. The highest BCUT2D eigenvalue weighted by Crippen LogP contribution is 2.18. The van der Waals surface area contributed by atoms with Crippen LogP contribution in [0.1, 0.15) is 15.9 Å². The fourth-order valence-electron chi connectivity index (χ4n) is 1.06. The smallest absolute Gasteiger partial charge is 0.195 e. The van der Waals surface area contributed by atoms with Crippen LogP contribution in [0.15, 0.2) is 18.2 Å². The van der Waals surface area contributed by atoms with Gasteiger partial charge in [0.15, 0.2) is 11.7 Å². The van der Waals surface area contributed by atoms with Crippen molar-refractivity contribution in [3.8, 4) is 12.1 Å². The van der Waals surface area contributed by atoms with E-state index in [1.54, 1.807) is 24.3 Å². The van der Waals surface area contributed by atoms with Crippen molar-refractivity contribution in [1.82, 2.24) is 0 Å². The van der Waals surface area contributed by atoms with E-state index in [1.165, 1.54) is 6.07 Å². The minimum Gasteiger partial charge on any atom is -0.291 e. The molecule has 0 radical (unpaired) electrons. The maximum atomic E-state index is 11.6. The second-order valence-corrected chi connectivity index (χ2v) is 3.43. The Balaban J connectivity index is 3.09. The Bertz CT molecular complexity index is 468. The third kappa shape index (κ3) is 2.34. The van der Waals surface area contributed by atoms with Gasteiger partial charge in [-0.15, -0.1) is 0 Å². The molecule has 0 saturated carbocycles. The van der Waals surface area contributed by atoms with Gasteiger partial charge in [0.25, 0.3) is 0 Å². The number of nitrogens with zero attached hydrogens (tertiary/aromatic N) is 2. The van der Waals surface area contributed by atoms with Crippen LogP contribution in [0, 0.1) is 35.5 Å². The first kappa shape index (κ1) is 11.2. The molecule has 4 heteroatoms. The molecular formula is C11H7ClN2O. The second kappa shape index (κ2) is 4.59. The van der Waals surface area contributed by atoms with Crippen LogP contribution in [0.3, 0.4) is 0 Å². The van der Waals surface area contributed by atoms with Crippen molar-refractivity contribution >= 4 is 17.4 Å². The molecule has 74 valence electrons. The summed E-state index contributed by atoms with van der Waals surface area (Å²) in [5, 5.41) is 17.6. The molecule has 0 aliphatic heterocycles. The fraction of sp³-hybridized carbons (Fsp3) is 0.182. The lowest BCUT2D eigenvalue weighted by Crippen LogP contribution is -2.10. The number of aryl methyl sites for hydroxylation is 1. The van der Waals surface area contributed by atoms with E-state index in [0.29, 0.717) is 10.6 Å². The maximum absolute atomic E-state index is 11.6. The molecular weight excluding hydrogens is 212 g/mol. The number of hydrogen-bond acceptors (Lipinski definition) is 3. The van der Waals surface area contributed by atoms with E-state index >= 15 is 0 Å². The Morgan fingerprint density at radius 1 is 1.40 bits per heavy atom. The number of rotatable bonds is 2. The highest BCUT2D eigenvalue weighted by molar-refractivity contribution is 6.31. The van der Waals surface area contributed by atoms with E-state index in [0.717, 1.165) is 5.56 Å². The van der Waals surface area contributed by atoms with Crippen LogP contribution in [0.4, 0.5) is 0 Å². The molecule has 0 aliphatic rings. The predicted octanol–water partition coefficient (Wildman–Crippen LogP) is 2.49. The summed E-state index contributed by atoms with van der Waals surface area (Å²) in [5.74, 6) is -1.77. The quantitative estimate of drug-likeness (QED) is 0.717. The van der Waals surface area contributed by atoms with Gasteiger partial charge in [0.2, 0.25) is 0 Å². The molecule has 0 saturated heterocycles. The number of benzene rings is 1. The normalized spacial score (nSPS) is 9.40. The zero-order chi connectivity index (χ0) is 11.4. The summed E-state index contributed by atoms with van der Waals surface area (Å²) in [5.41, 5.74) is 1.14. The van der Waals surface area contributed by atoms with E-state index in [2.05, 4.69) is 0 Å². The largest absolute Gasteiger partial charge is 0.291 e. The van der Waals surface area contributed by atoms with Crippen molar-refractivity contribution in [2.24, 2.45) is 5.92 Å². The van der Waals surface area contributed by atoms with Gasteiger partial charge in [0, 0.05) is 10.6 Å². The molecule has 15 heavy (non-hydrogen) atoms. The third-order valence-electron chi connectivity index (χ3n) is 1.98. The van der Waals surface area contributed by atoms with Gasteiger partial charge >= 0.3 is 0 Å². The lowest BCUT2D eigenvalue weighted by atomic mass is 9.99. The minimum absolute atomic E-state index is 0.290. The molecule has 1 aromatic rings. The van der Waals surface area contributed by atoms with Crippen LogP contribution in [-0.4, -0.2) is 5.78 Å². The van der Waals surface area contributed by atoms with Crippen molar-refractivity contribution in [3.05, 3.63) is 34.3 Å². The first-order chi connectivity index (χ1) is 7.10. The van der Waals surface area contributed by atoms with Gasteiger partial charge in [0.05, 0.1) is 12.1 Å². The second-order valence-electron chi connectivity index (χ2n) is 3.02. The van der Waals surface area contributed by atoms with Crippen molar-refractivity contribution in [2.75, 3.05) is 0 Å². The summed E-state index contributed by atoms with van der Waals surface area (Å²) >= 11 is 5.83. The number of carbonyl (C=O) groups excluding carboxylic acids is 1. The molecule has 0 fully saturated rings. The monoisotopic (exact) mass is 218 g/mol. The summed E-state index contributed by atoms with van der Waals surface area (Å²) in [6, 6.07) is 7.98. The van der Waals surface area contributed by atoms with Crippen LogP contribution >= 0.6 is 11.6 Å². The van der Waals surface area contributed by atoms with Crippen molar-refractivity contribution in [1.29, 1.82) is 10.5 Å². The zero-order valence-corrected chi connectivity index (χ0v) is 8.75. The summed E-state index contributed by atoms with van der Waals surface area (Å²) in [4.78, 5) is 11.6. The van der Waals surface area contributed by atoms with Crippen molar-refractivity contribution < 1.29 is 4.79 Å². The highest BCUT2D eigenvalue weighted by Gasteiger charge is 2.19. The van der Waals surface area contributed by atoms with Gasteiger partial charge in [-0.25, -0.2) is 0 Å². The van der Waals surface area contributed by atoms with E-state index in [9.17, 15) is 4.79 Å². The molecule has 0 bridgehead atoms. The average Bonchev–Trinajstić information content (AvgIpc) is 2.23. The average molecular weight is 219 g/mol. The Hall–Kier alpha value is -1.84. The lowest BCUT2D eigenvalue weighted by Gasteiger charge is -2.02. The standard InChI is InChI=1S/C11H7ClN2O/c1-7-2-3-8(4-10(7)12)11(15)9(5-13)6-14/h2-4,9H,1H3. The lowest BCUT2D eigenvalue weighted by molar-refractivity contribution is 0.0971. The van der Waals surface area contributed by atoms with Gasteiger partial charge in [-0.3, -0.25) is 4.79 Å². The summed E-state index contributed by atoms with van der Waals surface area (Å²) in [7, 11) is 0. The van der Waals surface area contributed by atoms with E-state index in [4.69, 9.17) is 22.1 Å². The molecule has 0 aromatic heterocycles. The van der Waals surface area contributed by atoms with Gasteiger partial charge in [0.1, 0.15) is 0 Å². The third-order valence-corrected chi connectivity index (χ3v) is 2.38. The summed E-state index contributed by atoms with van der Waals surface area (Å²) in [6.45, 7) is 1.81. The zero-order valence-electron chi connectivity index (χ0n) is 7.99. The van der Waals surface area contributed by atoms with Gasteiger partial charge in [-0.1, -0.05) is 23.7 Å². The van der Waals surface area contributed by atoms with Crippen LogP contribution < -0.4 is 0 Å². The number of ketones is 1. The van der Waals surface area contributed by atoms with E-state index < -0.39 is 11.7 Å². The molecule has 3 nitrogen and oxygen atoms in total. The molecule has 0 aliphatic carbocycles. The van der Waals surface area contributed by atoms with Crippen molar-refractivity contribution in [3.63, 3.8) is 0 Å². The molecule has 1 rings (SSSR count). The van der Waals surface area contributed by atoms with Gasteiger partial charge in [-0.05, 0) is 18.6 Å². The predicted molar refractivity (Wildman–Crippen MR) is 55.2 cm³/mol. The minimum atomic E-state index is -1.26. The fourth-order valence-corrected chi connectivity index (χ4v) is 1.24. The first-order valence-corrected chi connectivity index (χ1v) is 4.57. The molecule has 0 amide bonds. The maximum Gasteiger partial charge on any atom is 0.195 e. The molecule has 0 heterocycles. The van der Waals surface area contributed by atoms with Crippen molar-refractivity contribution in [2.45, 2.75) is 6.92 Å². The molecule has 0 spiro atoms. The first-order valence-electron chi connectivity index (χ1n) is 4.19. The summed E-state index contributed by atoms with van der Waals surface area (Å²) < 4.78 is 0. The Morgan fingerprint density at radius 3 is 2.47 bits per heavy atom. The Labute approximate surface area is 92.5 Å². The Morgan fingerprint density at radius 2 is 2.00 bits per heavy atom.